The molecule has 1 atom stereocenters. The number of rotatable bonds is 7. The van der Waals surface area contributed by atoms with Crippen LogP contribution in [0.15, 0.2) is 30.3 Å². The normalized spacial score (nSPS) is 11.7. The molecule has 1 heterocycles. The molecule has 0 fully saturated rings. The second-order valence-corrected chi connectivity index (χ2v) is 6.84. The lowest BCUT2D eigenvalue weighted by atomic mass is 10.0. The summed E-state index contributed by atoms with van der Waals surface area (Å²) in [7, 11) is 3.33. The lowest BCUT2D eigenvalue weighted by Gasteiger charge is -2.22. The summed E-state index contributed by atoms with van der Waals surface area (Å²) in [5, 5.41) is 2.84. The quantitative estimate of drug-likeness (QED) is 0.736. The topological polar surface area (TPSA) is 82.3 Å². The molecule has 6 nitrogen and oxygen atoms in total. The Kier molecular flexibility index (Phi) is 6.55. The van der Waals surface area contributed by atoms with Crippen LogP contribution in [0.25, 0.3) is 0 Å². The molecule has 0 unspecified atom stereocenters. The maximum atomic E-state index is 12.9. The third kappa shape index (κ3) is 4.64. The first-order chi connectivity index (χ1) is 12.8. The summed E-state index contributed by atoms with van der Waals surface area (Å²) in [6, 6.07) is 8.86. The number of aromatic nitrogens is 1. The van der Waals surface area contributed by atoms with E-state index < -0.39 is 6.04 Å². The van der Waals surface area contributed by atoms with E-state index in [0.29, 0.717) is 35.4 Å². The molecular formula is C21H27N3O3. The van der Waals surface area contributed by atoms with E-state index >= 15 is 0 Å². The highest BCUT2D eigenvalue weighted by Gasteiger charge is 2.27. The van der Waals surface area contributed by atoms with Crippen LogP contribution >= 0.6 is 0 Å². The van der Waals surface area contributed by atoms with Crippen LogP contribution in [0.3, 0.4) is 0 Å². The second-order valence-electron chi connectivity index (χ2n) is 6.84. The van der Waals surface area contributed by atoms with Gasteiger partial charge in [0, 0.05) is 31.8 Å². The Morgan fingerprint density at radius 2 is 1.78 bits per heavy atom. The highest BCUT2D eigenvalue weighted by molar-refractivity contribution is 6.03. The van der Waals surface area contributed by atoms with E-state index in [4.69, 9.17) is 0 Å². The van der Waals surface area contributed by atoms with Crippen molar-refractivity contribution in [1.82, 2.24) is 15.2 Å². The van der Waals surface area contributed by atoms with Gasteiger partial charge in [-0.25, -0.2) is 0 Å². The molecule has 1 aromatic carbocycles. The van der Waals surface area contributed by atoms with Crippen LogP contribution in [-0.4, -0.2) is 47.6 Å². The summed E-state index contributed by atoms with van der Waals surface area (Å²) in [6.07, 6.45) is 0.942. The van der Waals surface area contributed by atoms with Gasteiger partial charge in [0.15, 0.2) is 5.78 Å². The first-order valence-electron chi connectivity index (χ1n) is 9.04. The van der Waals surface area contributed by atoms with Crippen LogP contribution in [0, 0.1) is 6.92 Å². The molecular weight excluding hydrogens is 342 g/mol. The van der Waals surface area contributed by atoms with Crippen LogP contribution < -0.4 is 5.32 Å². The number of carbonyl (C=O) groups is 3. The first-order valence-corrected chi connectivity index (χ1v) is 9.04. The largest absolute Gasteiger partial charge is 0.354 e. The zero-order valence-corrected chi connectivity index (χ0v) is 16.6. The Labute approximate surface area is 160 Å². The minimum Gasteiger partial charge on any atom is -0.354 e. The fourth-order valence-electron chi connectivity index (χ4n) is 3.29. The Balaban J connectivity index is 2.32. The molecule has 144 valence electrons. The number of benzene rings is 1. The molecule has 6 heteroatoms. The van der Waals surface area contributed by atoms with Gasteiger partial charge in [0.1, 0.15) is 11.7 Å². The van der Waals surface area contributed by atoms with Crippen molar-refractivity contribution in [3.05, 3.63) is 58.4 Å². The van der Waals surface area contributed by atoms with Crippen molar-refractivity contribution in [3.8, 4) is 0 Å². The number of aryl methyl sites for hydroxylation is 1. The molecule has 2 rings (SSSR count). The maximum absolute atomic E-state index is 12.9. The fraction of sp³-hybridized carbons (Fsp3) is 0.381. The number of ketones is 1. The number of aromatic amines is 1. The SMILES string of the molecule is CCc1c(C(=O)N[C@H](Cc2ccccc2)C(=O)N(C)C)[nH]c(C)c1C(C)=O. The van der Waals surface area contributed by atoms with Crippen molar-refractivity contribution < 1.29 is 14.4 Å². The molecule has 0 radical (unpaired) electrons. The summed E-state index contributed by atoms with van der Waals surface area (Å²) in [6.45, 7) is 5.17. The van der Waals surface area contributed by atoms with Crippen molar-refractivity contribution in [2.75, 3.05) is 14.1 Å². The number of amides is 2. The molecule has 0 aliphatic heterocycles. The highest BCUT2D eigenvalue weighted by Crippen LogP contribution is 2.20. The van der Waals surface area contributed by atoms with Gasteiger partial charge in [0.05, 0.1) is 0 Å². The van der Waals surface area contributed by atoms with Gasteiger partial charge in [0.2, 0.25) is 5.91 Å². The molecule has 0 saturated heterocycles. The van der Waals surface area contributed by atoms with E-state index in [1.807, 2.05) is 37.3 Å². The summed E-state index contributed by atoms with van der Waals surface area (Å²) in [4.78, 5) is 41.9. The zero-order valence-electron chi connectivity index (χ0n) is 16.6. The molecule has 0 spiro atoms. The zero-order chi connectivity index (χ0) is 20.1. The van der Waals surface area contributed by atoms with Crippen LogP contribution in [0.5, 0.6) is 0 Å². The van der Waals surface area contributed by atoms with Crippen LogP contribution in [0.2, 0.25) is 0 Å². The monoisotopic (exact) mass is 369 g/mol. The van der Waals surface area contributed by atoms with Gasteiger partial charge in [-0.05, 0) is 31.4 Å². The average molecular weight is 369 g/mol. The number of nitrogens with zero attached hydrogens (tertiary/aromatic N) is 1. The third-order valence-corrected chi connectivity index (χ3v) is 4.55. The molecule has 0 aliphatic carbocycles. The first kappa shape index (κ1) is 20.4. The van der Waals surface area contributed by atoms with E-state index in [0.717, 1.165) is 5.56 Å². The van der Waals surface area contributed by atoms with Crippen molar-refractivity contribution in [2.24, 2.45) is 0 Å². The Morgan fingerprint density at radius 1 is 1.15 bits per heavy atom. The number of hydrogen-bond acceptors (Lipinski definition) is 3. The minimum atomic E-state index is -0.691. The summed E-state index contributed by atoms with van der Waals surface area (Å²) in [5.74, 6) is -0.635. The van der Waals surface area contributed by atoms with Gasteiger partial charge in [0.25, 0.3) is 5.91 Å². The molecule has 0 bridgehead atoms. The number of carbonyl (C=O) groups excluding carboxylic acids is 3. The number of likely N-dealkylation sites (N-methyl/N-ethyl adjacent to an activating group) is 1. The lowest BCUT2D eigenvalue weighted by Crippen LogP contribution is -2.47. The van der Waals surface area contributed by atoms with E-state index in [2.05, 4.69) is 10.3 Å². The fourth-order valence-corrected chi connectivity index (χ4v) is 3.29. The molecule has 27 heavy (non-hydrogen) atoms. The molecule has 2 N–H and O–H groups in total. The van der Waals surface area contributed by atoms with Gasteiger partial charge in [-0.3, -0.25) is 14.4 Å². The van der Waals surface area contributed by atoms with Crippen molar-refractivity contribution in [2.45, 2.75) is 39.7 Å². The predicted octanol–water partition coefficient (Wildman–Crippen LogP) is 2.52. The number of H-pyrrole nitrogens is 1. The maximum Gasteiger partial charge on any atom is 0.268 e. The average Bonchev–Trinajstić information content (AvgIpc) is 2.97. The van der Waals surface area contributed by atoms with Gasteiger partial charge in [-0.15, -0.1) is 0 Å². The summed E-state index contributed by atoms with van der Waals surface area (Å²) >= 11 is 0. The smallest absolute Gasteiger partial charge is 0.268 e. The van der Waals surface area contributed by atoms with Gasteiger partial charge >= 0.3 is 0 Å². The minimum absolute atomic E-state index is 0.0788. The van der Waals surface area contributed by atoms with Gasteiger partial charge in [-0.2, -0.15) is 0 Å². The predicted molar refractivity (Wildman–Crippen MR) is 105 cm³/mol. The van der Waals surface area contributed by atoms with Crippen LogP contribution in [0.1, 0.15) is 51.5 Å². The van der Waals surface area contributed by atoms with Crippen molar-refractivity contribution >= 4 is 17.6 Å². The molecule has 2 amide bonds. The van der Waals surface area contributed by atoms with E-state index in [1.165, 1.54) is 11.8 Å². The highest BCUT2D eigenvalue weighted by atomic mass is 16.2. The van der Waals surface area contributed by atoms with Gasteiger partial charge < -0.3 is 15.2 Å². The van der Waals surface area contributed by atoms with Gasteiger partial charge in [-0.1, -0.05) is 37.3 Å². The van der Waals surface area contributed by atoms with E-state index in [-0.39, 0.29) is 17.6 Å². The number of hydrogen-bond donors (Lipinski definition) is 2. The molecule has 0 saturated carbocycles. The third-order valence-electron chi connectivity index (χ3n) is 4.55. The molecule has 1 aromatic heterocycles. The number of Topliss-reactive ketones (excluding diaryl/α,β-unsaturated/α-hetero) is 1. The Hall–Kier alpha value is -2.89. The lowest BCUT2D eigenvalue weighted by molar-refractivity contribution is -0.130. The molecule has 2 aromatic rings. The van der Waals surface area contributed by atoms with Crippen molar-refractivity contribution in [1.29, 1.82) is 0 Å². The molecule has 0 aliphatic rings. The standard InChI is InChI=1S/C21H27N3O3/c1-6-16-18(14(3)25)13(2)22-19(16)20(26)23-17(21(27)24(4)5)12-15-10-8-7-9-11-15/h7-11,17,22H,6,12H2,1-5H3,(H,23,26)/t17-/m1/s1. The van der Waals surface area contributed by atoms with Crippen molar-refractivity contribution in [3.63, 3.8) is 0 Å². The van der Waals surface area contributed by atoms with Crippen LogP contribution in [-0.2, 0) is 17.6 Å². The van der Waals surface area contributed by atoms with Crippen LogP contribution in [0.4, 0.5) is 0 Å². The summed E-state index contributed by atoms with van der Waals surface area (Å²) in [5.41, 5.74) is 3.23. The number of nitrogens with one attached hydrogen (secondary N) is 2. The Morgan fingerprint density at radius 3 is 2.30 bits per heavy atom. The van der Waals surface area contributed by atoms with E-state index in [1.54, 1.807) is 21.0 Å². The van der Waals surface area contributed by atoms with E-state index in [9.17, 15) is 14.4 Å². The Bertz CT molecular complexity index is 838. The summed E-state index contributed by atoms with van der Waals surface area (Å²) < 4.78 is 0. The second kappa shape index (κ2) is 8.66.